The van der Waals surface area contributed by atoms with Gasteiger partial charge in [-0.3, -0.25) is 14.8 Å². The minimum Gasteiger partial charge on any atom is -0.351 e. The molecule has 0 saturated heterocycles. The lowest BCUT2D eigenvalue weighted by Crippen LogP contribution is -2.51. The van der Waals surface area contributed by atoms with Crippen LogP contribution in [0.4, 0.5) is 5.69 Å². The third-order valence-corrected chi connectivity index (χ3v) is 4.65. The SMILES string of the molecule is CC(C)(C)C(=O)CN1c2ccccc2C(c2ccccn2)=NC(N)C1C=O. The van der Waals surface area contributed by atoms with Gasteiger partial charge in [-0.25, -0.2) is 0 Å². The molecule has 27 heavy (non-hydrogen) atoms. The lowest BCUT2D eigenvalue weighted by Gasteiger charge is -2.33. The van der Waals surface area contributed by atoms with E-state index >= 15 is 0 Å². The molecule has 0 aliphatic carbocycles. The normalized spacial score (nSPS) is 19.7. The van der Waals surface area contributed by atoms with Gasteiger partial charge in [-0.2, -0.15) is 0 Å². The van der Waals surface area contributed by atoms with Gasteiger partial charge in [0.1, 0.15) is 18.5 Å². The number of hydrogen-bond donors (Lipinski definition) is 1. The zero-order valence-electron chi connectivity index (χ0n) is 15.8. The Morgan fingerprint density at radius 3 is 2.52 bits per heavy atom. The number of pyridine rings is 1. The van der Waals surface area contributed by atoms with Crippen LogP contribution in [-0.2, 0) is 9.59 Å². The van der Waals surface area contributed by atoms with Crippen LogP contribution in [0.25, 0.3) is 0 Å². The molecular weight excluding hydrogens is 340 g/mol. The largest absolute Gasteiger partial charge is 0.351 e. The van der Waals surface area contributed by atoms with E-state index in [1.165, 1.54) is 0 Å². The number of aromatic nitrogens is 1. The Morgan fingerprint density at radius 2 is 1.89 bits per heavy atom. The quantitative estimate of drug-likeness (QED) is 0.840. The molecule has 2 N–H and O–H groups in total. The molecule has 1 aromatic carbocycles. The van der Waals surface area contributed by atoms with E-state index < -0.39 is 17.6 Å². The van der Waals surface area contributed by atoms with E-state index in [0.717, 1.165) is 17.5 Å². The highest BCUT2D eigenvalue weighted by Gasteiger charge is 2.34. The van der Waals surface area contributed by atoms with E-state index in [0.29, 0.717) is 11.4 Å². The smallest absolute Gasteiger partial charge is 0.157 e. The van der Waals surface area contributed by atoms with Crippen molar-refractivity contribution in [2.24, 2.45) is 16.1 Å². The first kappa shape index (κ1) is 18.9. The highest BCUT2D eigenvalue weighted by atomic mass is 16.1. The van der Waals surface area contributed by atoms with Gasteiger partial charge in [0.15, 0.2) is 5.78 Å². The highest BCUT2D eigenvalue weighted by Crippen LogP contribution is 2.30. The van der Waals surface area contributed by atoms with E-state index in [2.05, 4.69) is 9.98 Å². The molecule has 0 amide bonds. The minimum absolute atomic E-state index is 0.0256. The Hall–Kier alpha value is -2.86. The number of rotatable bonds is 4. The van der Waals surface area contributed by atoms with Gasteiger partial charge >= 0.3 is 0 Å². The molecule has 0 bridgehead atoms. The monoisotopic (exact) mass is 364 g/mol. The third kappa shape index (κ3) is 3.80. The first-order valence-electron chi connectivity index (χ1n) is 8.92. The third-order valence-electron chi connectivity index (χ3n) is 4.65. The average molecular weight is 364 g/mol. The summed E-state index contributed by atoms with van der Waals surface area (Å²) in [6.45, 7) is 5.68. The number of hydrogen-bond acceptors (Lipinski definition) is 6. The molecule has 1 aromatic heterocycles. The number of para-hydroxylation sites is 1. The number of aldehydes is 1. The van der Waals surface area contributed by atoms with Gasteiger partial charge in [0.05, 0.1) is 18.0 Å². The number of carbonyl (C=O) groups is 2. The van der Waals surface area contributed by atoms with Crippen LogP contribution in [0.15, 0.2) is 53.7 Å². The number of nitrogens with two attached hydrogens (primary N) is 1. The van der Waals surface area contributed by atoms with Crippen LogP contribution in [0.3, 0.4) is 0 Å². The van der Waals surface area contributed by atoms with Gasteiger partial charge in [-0.15, -0.1) is 0 Å². The second-order valence-electron chi connectivity index (χ2n) is 7.63. The Morgan fingerprint density at radius 1 is 1.19 bits per heavy atom. The summed E-state index contributed by atoms with van der Waals surface area (Å²) in [5, 5.41) is 0. The summed E-state index contributed by atoms with van der Waals surface area (Å²) in [5.41, 5.74) is 8.60. The van der Waals surface area contributed by atoms with Crippen LogP contribution in [0.1, 0.15) is 32.0 Å². The number of benzene rings is 1. The maximum absolute atomic E-state index is 12.7. The molecule has 0 fully saturated rings. The number of ketones is 1. The number of nitrogens with zero attached hydrogens (tertiary/aromatic N) is 3. The number of carbonyl (C=O) groups excluding carboxylic acids is 2. The fraction of sp³-hybridized carbons (Fsp3) is 0.333. The van der Waals surface area contributed by atoms with Crippen molar-refractivity contribution in [2.75, 3.05) is 11.4 Å². The zero-order valence-corrected chi connectivity index (χ0v) is 15.8. The Kier molecular flexibility index (Phi) is 5.19. The van der Waals surface area contributed by atoms with Crippen molar-refractivity contribution in [3.8, 4) is 0 Å². The van der Waals surface area contributed by atoms with Gasteiger partial charge in [-0.1, -0.05) is 45.0 Å². The first-order chi connectivity index (χ1) is 12.8. The van der Waals surface area contributed by atoms with Crippen LogP contribution in [0.2, 0.25) is 0 Å². The molecule has 140 valence electrons. The number of benzodiazepines with no additional fused rings is 1. The van der Waals surface area contributed by atoms with Crippen LogP contribution in [-0.4, -0.2) is 41.5 Å². The standard InChI is InChI=1S/C21H24N4O2/c1-21(2,3)18(27)12-25-16-10-5-4-8-14(16)19(15-9-6-7-11-23-15)24-20(22)17(25)13-26/h4-11,13,17,20H,12,22H2,1-3H3. The van der Waals surface area contributed by atoms with Crippen LogP contribution in [0.5, 0.6) is 0 Å². The van der Waals surface area contributed by atoms with Crippen molar-refractivity contribution in [1.82, 2.24) is 4.98 Å². The fourth-order valence-corrected chi connectivity index (χ4v) is 3.01. The molecule has 1 aliphatic heterocycles. The molecule has 1 aliphatic rings. The lowest BCUT2D eigenvalue weighted by atomic mass is 9.90. The average Bonchev–Trinajstić information content (AvgIpc) is 2.76. The van der Waals surface area contributed by atoms with Crippen molar-refractivity contribution >= 4 is 23.5 Å². The van der Waals surface area contributed by atoms with E-state index in [9.17, 15) is 9.59 Å². The molecule has 2 aromatic rings. The predicted molar refractivity (Wildman–Crippen MR) is 106 cm³/mol. The topological polar surface area (TPSA) is 88.7 Å². The van der Waals surface area contributed by atoms with Crippen molar-refractivity contribution in [2.45, 2.75) is 33.0 Å². The summed E-state index contributed by atoms with van der Waals surface area (Å²) in [6, 6.07) is 12.4. The number of fused-ring (bicyclic) bond motifs is 1. The van der Waals surface area contributed by atoms with Gasteiger partial charge in [0, 0.05) is 22.9 Å². The van der Waals surface area contributed by atoms with Crippen molar-refractivity contribution in [1.29, 1.82) is 0 Å². The van der Waals surface area contributed by atoms with E-state index in [-0.39, 0.29) is 12.3 Å². The molecule has 0 radical (unpaired) electrons. The summed E-state index contributed by atoms with van der Waals surface area (Å²) in [5.74, 6) is 0.0256. The molecule has 6 heteroatoms. The first-order valence-corrected chi connectivity index (χ1v) is 8.92. The maximum Gasteiger partial charge on any atom is 0.157 e. The summed E-state index contributed by atoms with van der Waals surface area (Å²) in [7, 11) is 0. The second kappa shape index (κ2) is 7.40. The predicted octanol–water partition coefficient (Wildman–Crippen LogP) is 2.21. The van der Waals surface area contributed by atoms with Crippen LogP contribution in [0, 0.1) is 5.41 Å². The van der Waals surface area contributed by atoms with Gasteiger partial charge in [0.2, 0.25) is 0 Å². The van der Waals surface area contributed by atoms with Gasteiger partial charge in [0.25, 0.3) is 0 Å². The number of aliphatic imine (C=N–C) groups is 1. The van der Waals surface area contributed by atoms with E-state index in [1.54, 1.807) is 11.1 Å². The number of anilines is 1. The summed E-state index contributed by atoms with van der Waals surface area (Å²) >= 11 is 0. The van der Waals surface area contributed by atoms with E-state index in [1.807, 2.05) is 63.2 Å². The van der Waals surface area contributed by atoms with Crippen molar-refractivity contribution in [3.05, 3.63) is 59.9 Å². The Bertz CT molecular complexity index is 871. The molecule has 2 heterocycles. The fourth-order valence-electron chi connectivity index (χ4n) is 3.01. The summed E-state index contributed by atoms with van der Waals surface area (Å²) in [6.07, 6.45) is 1.65. The zero-order chi connectivity index (χ0) is 19.6. The summed E-state index contributed by atoms with van der Waals surface area (Å²) in [4.78, 5) is 35.4. The van der Waals surface area contributed by atoms with Crippen molar-refractivity contribution in [3.63, 3.8) is 0 Å². The molecule has 2 unspecified atom stereocenters. The van der Waals surface area contributed by atoms with Crippen molar-refractivity contribution < 1.29 is 9.59 Å². The van der Waals surface area contributed by atoms with Crippen LogP contribution < -0.4 is 10.6 Å². The second-order valence-corrected chi connectivity index (χ2v) is 7.63. The Labute approximate surface area is 159 Å². The molecule has 0 spiro atoms. The minimum atomic E-state index is -0.806. The Balaban J connectivity index is 2.15. The lowest BCUT2D eigenvalue weighted by molar-refractivity contribution is -0.125. The molecule has 3 rings (SSSR count). The molecule has 2 atom stereocenters. The van der Waals surface area contributed by atoms with Gasteiger partial charge < -0.3 is 15.4 Å². The number of Topliss-reactive ketones (excluding diaryl/α,β-unsaturated/α-hetero) is 1. The highest BCUT2D eigenvalue weighted by molar-refractivity contribution is 6.16. The maximum atomic E-state index is 12.7. The van der Waals surface area contributed by atoms with Crippen LogP contribution >= 0.6 is 0 Å². The molecule has 6 nitrogen and oxygen atoms in total. The van der Waals surface area contributed by atoms with Gasteiger partial charge in [-0.05, 0) is 18.2 Å². The van der Waals surface area contributed by atoms with E-state index in [4.69, 9.17) is 5.73 Å². The molecular formula is C21H24N4O2. The summed E-state index contributed by atoms with van der Waals surface area (Å²) < 4.78 is 0. The molecule has 0 saturated carbocycles.